The minimum absolute atomic E-state index is 0.0210. The third-order valence-electron chi connectivity index (χ3n) is 3.65. The van der Waals surface area contributed by atoms with Gasteiger partial charge in [0, 0.05) is 22.2 Å². The zero-order valence-corrected chi connectivity index (χ0v) is 14.8. The number of hydrogen-bond donors (Lipinski definition) is 1. The van der Waals surface area contributed by atoms with Crippen molar-refractivity contribution in [2.45, 2.75) is 13.2 Å². The van der Waals surface area contributed by atoms with Crippen LogP contribution in [0.2, 0.25) is 10.0 Å². The summed E-state index contributed by atoms with van der Waals surface area (Å²) in [6.45, 7) is 0.502. The van der Waals surface area contributed by atoms with Gasteiger partial charge in [0.2, 0.25) is 0 Å². The lowest BCUT2D eigenvalue weighted by Crippen LogP contribution is -2.14. The van der Waals surface area contributed by atoms with Gasteiger partial charge in [-0.25, -0.2) is 4.79 Å². The van der Waals surface area contributed by atoms with E-state index < -0.39 is 5.97 Å². The van der Waals surface area contributed by atoms with E-state index in [9.17, 15) is 4.79 Å². The Hall–Kier alpha value is -2.15. The van der Waals surface area contributed by atoms with Crippen molar-refractivity contribution in [3.8, 4) is 11.5 Å². The molecule has 0 radical (unpaired) electrons. The number of hydrogen-bond acceptors (Lipinski definition) is 6. The highest BCUT2D eigenvalue weighted by Gasteiger charge is 2.20. The maximum absolute atomic E-state index is 12.4. The van der Waals surface area contributed by atoms with E-state index in [-0.39, 0.29) is 29.7 Å². The first-order valence-corrected chi connectivity index (χ1v) is 8.07. The van der Waals surface area contributed by atoms with E-state index in [0.717, 1.165) is 5.56 Å². The average molecular weight is 384 g/mol. The molecule has 6 nitrogen and oxygen atoms in total. The minimum Gasteiger partial charge on any atom is -0.496 e. The van der Waals surface area contributed by atoms with Crippen molar-refractivity contribution in [1.29, 1.82) is 0 Å². The summed E-state index contributed by atoms with van der Waals surface area (Å²) in [5, 5.41) is 0.750. The van der Waals surface area contributed by atoms with E-state index in [1.807, 2.05) is 0 Å². The van der Waals surface area contributed by atoms with Crippen LogP contribution < -0.4 is 15.2 Å². The summed E-state index contributed by atoms with van der Waals surface area (Å²) in [4.78, 5) is 12.4. The molecule has 3 rings (SSSR count). The summed E-state index contributed by atoms with van der Waals surface area (Å²) in [5.41, 5.74) is 7.67. The van der Waals surface area contributed by atoms with Crippen LogP contribution in [0.15, 0.2) is 24.3 Å². The molecule has 0 saturated carbocycles. The number of methoxy groups -OCH3 is 1. The summed E-state index contributed by atoms with van der Waals surface area (Å²) in [5.74, 6) is 0.301. The molecule has 0 bridgehead atoms. The molecule has 0 amide bonds. The molecular formula is C17H15Cl2NO5. The van der Waals surface area contributed by atoms with Crippen LogP contribution in [0.25, 0.3) is 0 Å². The minimum atomic E-state index is -0.598. The number of nitrogen functional groups attached to an aromatic ring is 1. The highest BCUT2D eigenvalue weighted by molar-refractivity contribution is 6.33. The number of esters is 1. The fourth-order valence-electron chi connectivity index (χ4n) is 2.48. The van der Waals surface area contributed by atoms with Gasteiger partial charge >= 0.3 is 5.97 Å². The lowest BCUT2D eigenvalue weighted by atomic mass is 10.1. The molecule has 0 saturated heterocycles. The first-order valence-electron chi connectivity index (χ1n) is 7.31. The van der Waals surface area contributed by atoms with Crippen molar-refractivity contribution in [1.82, 2.24) is 0 Å². The predicted molar refractivity (Wildman–Crippen MR) is 93.3 cm³/mol. The number of fused-ring (bicyclic) bond motifs is 1. The van der Waals surface area contributed by atoms with Gasteiger partial charge in [0.25, 0.3) is 0 Å². The third kappa shape index (κ3) is 3.76. The Bertz CT molecular complexity index is 825. The molecule has 0 fully saturated rings. The Morgan fingerprint density at radius 3 is 2.84 bits per heavy atom. The van der Waals surface area contributed by atoms with Crippen LogP contribution in [0.5, 0.6) is 11.5 Å². The zero-order chi connectivity index (χ0) is 18.0. The summed E-state index contributed by atoms with van der Waals surface area (Å²) in [6, 6.07) is 6.33. The van der Waals surface area contributed by atoms with E-state index in [2.05, 4.69) is 0 Å². The van der Waals surface area contributed by atoms with Crippen molar-refractivity contribution in [2.24, 2.45) is 0 Å². The predicted octanol–water partition coefficient (Wildman–Crippen LogP) is 3.81. The number of ether oxygens (including phenoxy) is 4. The normalized spacial score (nSPS) is 12.9. The number of carbonyl (C=O) groups is 1. The van der Waals surface area contributed by atoms with Gasteiger partial charge in [0.1, 0.15) is 23.7 Å². The molecule has 1 aliphatic rings. The average Bonchev–Trinajstić information content (AvgIpc) is 2.61. The maximum atomic E-state index is 12.4. The second-order valence-electron chi connectivity index (χ2n) is 5.31. The van der Waals surface area contributed by atoms with E-state index in [1.54, 1.807) is 12.1 Å². The first kappa shape index (κ1) is 17.7. The summed E-state index contributed by atoms with van der Waals surface area (Å²) in [7, 11) is 1.43. The van der Waals surface area contributed by atoms with Crippen LogP contribution in [0, 0.1) is 0 Å². The zero-order valence-electron chi connectivity index (χ0n) is 13.3. The number of anilines is 1. The topological polar surface area (TPSA) is 80.0 Å². The van der Waals surface area contributed by atoms with Crippen molar-refractivity contribution in [3.05, 3.63) is 51.0 Å². The molecule has 25 heavy (non-hydrogen) atoms. The molecule has 132 valence electrons. The molecule has 0 atom stereocenters. The van der Waals surface area contributed by atoms with Crippen molar-refractivity contribution in [2.75, 3.05) is 19.6 Å². The van der Waals surface area contributed by atoms with Crippen molar-refractivity contribution >= 4 is 34.9 Å². The molecule has 8 heteroatoms. The summed E-state index contributed by atoms with van der Waals surface area (Å²) in [6.07, 6.45) is 0. The Morgan fingerprint density at radius 1 is 1.28 bits per heavy atom. The highest BCUT2D eigenvalue weighted by atomic mass is 35.5. The molecule has 0 unspecified atom stereocenters. The Balaban J connectivity index is 1.82. The number of nitrogens with two attached hydrogens (primary N) is 1. The van der Waals surface area contributed by atoms with Gasteiger partial charge in [-0.1, -0.05) is 23.2 Å². The highest BCUT2D eigenvalue weighted by Crippen LogP contribution is 2.33. The van der Waals surface area contributed by atoms with Crippen molar-refractivity contribution < 1.29 is 23.7 Å². The molecule has 0 aromatic heterocycles. The number of benzene rings is 2. The Labute approximate surface area is 154 Å². The molecule has 2 aromatic carbocycles. The van der Waals surface area contributed by atoms with Gasteiger partial charge in [-0.15, -0.1) is 0 Å². The summed E-state index contributed by atoms with van der Waals surface area (Å²) >= 11 is 12.1. The maximum Gasteiger partial charge on any atom is 0.342 e. The molecule has 1 heterocycles. The Kier molecular flexibility index (Phi) is 5.22. The van der Waals surface area contributed by atoms with Gasteiger partial charge in [-0.3, -0.25) is 0 Å². The van der Waals surface area contributed by atoms with Crippen LogP contribution in [0.1, 0.15) is 21.5 Å². The van der Waals surface area contributed by atoms with Crippen LogP contribution in [0.3, 0.4) is 0 Å². The molecule has 2 aromatic rings. The summed E-state index contributed by atoms with van der Waals surface area (Å²) < 4.78 is 21.3. The van der Waals surface area contributed by atoms with Gasteiger partial charge in [0.05, 0.1) is 24.4 Å². The van der Waals surface area contributed by atoms with Gasteiger partial charge in [-0.2, -0.15) is 0 Å². The van der Waals surface area contributed by atoms with E-state index in [0.29, 0.717) is 28.6 Å². The van der Waals surface area contributed by atoms with E-state index >= 15 is 0 Å². The van der Waals surface area contributed by atoms with Gasteiger partial charge in [0.15, 0.2) is 6.79 Å². The second-order valence-corrected chi connectivity index (χ2v) is 6.16. The first-order chi connectivity index (χ1) is 12.0. The number of carbonyl (C=O) groups excluding carboxylic acids is 1. The third-order valence-corrected chi connectivity index (χ3v) is 4.19. The molecule has 0 aliphatic carbocycles. The number of rotatable bonds is 4. The molecular weight excluding hydrogens is 369 g/mol. The quantitative estimate of drug-likeness (QED) is 0.638. The van der Waals surface area contributed by atoms with Crippen LogP contribution in [0.4, 0.5) is 5.69 Å². The molecule has 0 spiro atoms. The van der Waals surface area contributed by atoms with Crippen LogP contribution >= 0.6 is 23.2 Å². The van der Waals surface area contributed by atoms with Gasteiger partial charge in [-0.05, 0) is 18.2 Å². The monoisotopic (exact) mass is 383 g/mol. The largest absolute Gasteiger partial charge is 0.496 e. The van der Waals surface area contributed by atoms with Crippen LogP contribution in [-0.2, 0) is 22.7 Å². The standard InChI is InChI=1S/C17H15Cl2NO5/c1-22-15-5-14(20)13(19)4-12(15)17(21)24-7-10-3-11(18)2-9-6-23-8-25-16(9)10/h2-5H,6-8,20H2,1H3. The van der Waals surface area contributed by atoms with E-state index in [4.69, 9.17) is 47.9 Å². The fraction of sp³-hybridized carbons (Fsp3) is 0.235. The fourth-order valence-corrected chi connectivity index (χ4v) is 2.91. The SMILES string of the molecule is COc1cc(N)c(Cl)cc1C(=O)OCc1cc(Cl)cc2c1OCOC2. The molecule has 2 N–H and O–H groups in total. The lowest BCUT2D eigenvalue weighted by Gasteiger charge is -2.21. The lowest BCUT2D eigenvalue weighted by molar-refractivity contribution is -0.0180. The van der Waals surface area contributed by atoms with E-state index in [1.165, 1.54) is 19.2 Å². The van der Waals surface area contributed by atoms with Crippen LogP contribution in [-0.4, -0.2) is 19.9 Å². The van der Waals surface area contributed by atoms with Gasteiger partial charge < -0.3 is 24.7 Å². The smallest absolute Gasteiger partial charge is 0.342 e. The second kappa shape index (κ2) is 7.39. The van der Waals surface area contributed by atoms with Crippen molar-refractivity contribution in [3.63, 3.8) is 0 Å². The molecule has 1 aliphatic heterocycles. The Morgan fingerprint density at radius 2 is 2.08 bits per heavy atom. The number of halogens is 2.